The number of unbranched alkanes of at least 4 members (excludes halogenated alkanes) is 2. The van der Waals surface area contributed by atoms with Gasteiger partial charge >= 0.3 is 0 Å². The van der Waals surface area contributed by atoms with Crippen molar-refractivity contribution in [2.45, 2.75) is 58.4 Å². The number of allylic oxidation sites excluding steroid dienone is 2. The summed E-state index contributed by atoms with van der Waals surface area (Å²) in [4.78, 5) is 2.64. The normalized spacial score (nSPS) is 16.6. The SMILES string of the molecule is C=C/C=C\C1=C(C=C)CN(C(CCCC)CCCC)C1. The van der Waals surface area contributed by atoms with Crippen LogP contribution in [-0.2, 0) is 0 Å². The van der Waals surface area contributed by atoms with E-state index >= 15 is 0 Å². The largest absolute Gasteiger partial charge is 0.292 e. The highest BCUT2D eigenvalue weighted by atomic mass is 15.2. The lowest BCUT2D eigenvalue weighted by atomic mass is 10.0. The molecule has 1 aliphatic rings. The fourth-order valence-corrected chi connectivity index (χ4v) is 2.88. The molecule has 0 radical (unpaired) electrons. The zero-order valence-corrected chi connectivity index (χ0v) is 13.4. The van der Waals surface area contributed by atoms with E-state index < -0.39 is 0 Å². The second-order valence-electron chi connectivity index (χ2n) is 5.69. The van der Waals surface area contributed by atoms with Gasteiger partial charge in [-0.3, -0.25) is 4.90 Å². The first-order valence-corrected chi connectivity index (χ1v) is 8.14. The first-order valence-electron chi connectivity index (χ1n) is 8.14. The topological polar surface area (TPSA) is 3.24 Å². The third-order valence-electron chi connectivity index (χ3n) is 4.14. The number of nitrogens with zero attached hydrogens (tertiary/aromatic N) is 1. The predicted molar refractivity (Wildman–Crippen MR) is 91.0 cm³/mol. The molecule has 0 atom stereocenters. The molecule has 0 fully saturated rings. The molecule has 0 spiro atoms. The van der Waals surface area contributed by atoms with E-state index in [1.807, 2.05) is 18.2 Å². The maximum absolute atomic E-state index is 3.97. The van der Waals surface area contributed by atoms with Crippen molar-refractivity contribution in [3.63, 3.8) is 0 Å². The highest BCUT2D eigenvalue weighted by Gasteiger charge is 2.24. The molecular weight excluding hydrogens is 242 g/mol. The van der Waals surface area contributed by atoms with Crippen molar-refractivity contribution in [3.8, 4) is 0 Å². The minimum atomic E-state index is 0.736. The maximum Gasteiger partial charge on any atom is 0.0243 e. The summed E-state index contributed by atoms with van der Waals surface area (Å²) in [5.74, 6) is 0. The summed E-state index contributed by atoms with van der Waals surface area (Å²) in [6.07, 6.45) is 16.0. The molecule has 0 unspecified atom stereocenters. The number of rotatable bonds is 10. The van der Waals surface area contributed by atoms with Gasteiger partial charge in [-0.05, 0) is 24.0 Å². The Labute approximate surface area is 125 Å². The lowest BCUT2D eigenvalue weighted by Gasteiger charge is -2.28. The fourth-order valence-electron chi connectivity index (χ4n) is 2.88. The Morgan fingerprint density at radius 2 is 1.65 bits per heavy atom. The van der Waals surface area contributed by atoms with Gasteiger partial charge in [0.2, 0.25) is 0 Å². The van der Waals surface area contributed by atoms with E-state index in [0.717, 1.165) is 19.1 Å². The van der Waals surface area contributed by atoms with Crippen LogP contribution >= 0.6 is 0 Å². The number of hydrogen-bond donors (Lipinski definition) is 0. The van der Waals surface area contributed by atoms with Gasteiger partial charge in [0, 0.05) is 19.1 Å². The van der Waals surface area contributed by atoms with Crippen LogP contribution in [0.25, 0.3) is 0 Å². The zero-order valence-electron chi connectivity index (χ0n) is 13.4. The highest BCUT2D eigenvalue weighted by Crippen LogP contribution is 2.26. The lowest BCUT2D eigenvalue weighted by Crippen LogP contribution is -2.34. The van der Waals surface area contributed by atoms with Crippen molar-refractivity contribution in [3.05, 3.63) is 48.6 Å². The fraction of sp³-hybridized carbons (Fsp3) is 0.579. The third-order valence-corrected chi connectivity index (χ3v) is 4.14. The standard InChI is InChI=1S/C19H31N/c1-5-9-12-18-16-20(15-17(18)8-4)19(13-10-6-2)14-11-7-3/h5,8-9,12,19H,1,4,6-7,10-11,13-16H2,2-3H3/b12-9-. The Morgan fingerprint density at radius 1 is 1.05 bits per heavy atom. The van der Waals surface area contributed by atoms with Gasteiger partial charge in [-0.15, -0.1) is 0 Å². The molecule has 1 rings (SSSR count). The van der Waals surface area contributed by atoms with Crippen molar-refractivity contribution >= 4 is 0 Å². The van der Waals surface area contributed by atoms with E-state index in [9.17, 15) is 0 Å². The molecule has 1 aliphatic heterocycles. The molecule has 0 N–H and O–H groups in total. The maximum atomic E-state index is 3.97. The predicted octanol–water partition coefficient (Wildman–Crippen LogP) is 5.28. The molecule has 0 saturated carbocycles. The minimum Gasteiger partial charge on any atom is -0.292 e. The molecule has 1 heterocycles. The van der Waals surface area contributed by atoms with Gasteiger partial charge in [0.15, 0.2) is 0 Å². The second-order valence-corrected chi connectivity index (χ2v) is 5.69. The van der Waals surface area contributed by atoms with Crippen LogP contribution < -0.4 is 0 Å². The van der Waals surface area contributed by atoms with Crippen molar-refractivity contribution in [2.24, 2.45) is 0 Å². The molecule has 0 aromatic carbocycles. The first kappa shape index (κ1) is 17.0. The third kappa shape index (κ3) is 5.13. The summed E-state index contributed by atoms with van der Waals surface area (Å²) < 4.78 is 0. The van der Waals surface area contributed by atoms with Crippen LogP contribution in [0.3, 0.4) is 0 Å². The monoisotopic (exact) mass is 273 g/mol. The van der Waals surface area contributed by atoms with E-state index in [1.54, 1.807) is 0 Å². The Balaban J connectivity index is 2.68. The Bertz CT molecular complexity index is 354. The van der Waals surface area contributed by atoms with E-state index in [4.69, 9.17) is 0 Å². The quantitative estimate of drug-likeness (QED) is 0.490. The molecule has 0 amide bonds. The molecule has 0 aromatic rings. The molecule has 0 aromatic heterocycles. The van der Waals surface area contributed by atoms with Gasteiger partial charge in [0.25, 0.3) is 0 Å². The number of hydrogen-bond acceptors (Lipinski definition) is 1. The van der Waals surface area contributed by atoms with Gasteiger partial charge in [0.05, 0.1) is 0 Å². The lowest BCUT2D eigenvalue weighted by molar-refractivity contribution is 0.217. The first-order chi connectivity index (χ1) is 9.76. The van der Waals surface area contributed by atoms with Crippen LogP contribution in [0.5, 0.6) is 0 Å². The zero-order chi connectivity index (χ0) is 14.8. The summed E-state index contributed by atoms with van der Waals surface area (Å²) >= 11 is 0. The Kier molecular flexibility index (Phi) is 8.29. The van der Waals surface area contributed by atoms with Crippen LogP contribution in [0, 0.1) is 0 Å². The average molecular weight is 273 g/mol. The minimum absolute atomic E-state index is 0.736. The second kappa shape index (κ2) is 9.77. The van der Waals surface area contributed by atoms with Crippen LogP contribution in [0.2, 0.25) is 0 Å². The summed E-state index contributed by atoms with van der Waals surface area (Å²) in [6.45, 7) is 14.4. The van der Waals surface area contributed by atoms with Crippen LogP contribution in [0.4, 0.5) is 0 Å². The van der Waals surface area contributed by atoms with Gasteiger partial charge in [-0.25, -0.2) is 0 Å². The van der Waals surface area contributed by atoms with E-state index in [2.05, 4.69) is 38.0 Å². The molecule has 0 aliphatic carbocycles. The van der Waals surface area contributed by atoms with E-state index in [0.29, 0.717) is 0 Å². The molecular formula is C19H31N. The van der Waals surface area contributed by atoms with Crippen LogP contribution in [0.15, 0.2) is 48.6 Å². The smallest absolute Gasteiger partial charge is 0.0243 e. The van der Waals surface area contributed by atoms with Crippen molar-refractivity contribution in [1.29, 1.82) is 0 Å². The molecule has 1 heteroatoms. The Hall–Kier alpha value is -1.08. The van der Waals surface area contributed by atoms with Crippen molar-refractivity contribution < 1.29 is 0 Å². The average Bonchev–Trinajstić information content (AvgIpc) is 2.88. The van der Waals surface area contributed by atoms with Crippen molar-refractivity contribution in [2.75, 3.05) is 13.1 Å². The van der Waals surface area contributed by atoms with Crippen LogP contribution in [0.1, 0.15) is 52.4 Å². The summed E-state index contributed by atoms with van der Waals surface area (Å²) in [6, 6.07) is 0.736. The summed E-state index contributed by atoms with van der Waals surface area (Å²) in [5, 5.41) is 0. The molecule has 0 saturated heterocycles. The van der Waals surface area contributed by atoms with Gasteiger partial charge in [-0.2, -0.15) is 0 Å². The summed E-state index contributed by atoms with van der Waals surface area (Å²) in [5.41, 5.74) is 2.80. The molecule has 1 nitrogen and oxygen atoms in total. The van der Waals surface area contributed by atoms with Gasteiger partial charge in [-0.1, -0.05) is 77.0 Å². The van der Waals surface area contributed by atoms with E-state index in [1.165, 1.54) is 49.7 Å². The van der Waals surface area contributed by atoms with Gasteiger partial charge < -0.3 is 0 Å². The highest BCUT2D eigenvalue weighted by molar-refractivity contribution is 5.39. The Morgan fingerprint density at radius 3 is 2.15 bits per heavy atom. The molecule has 112 valence electrons. The summed E-state index contributed by atoms with van der Waals surface area (Å²) in [7, 11) is 0. The van der Waals surface area contributed by atoms with Gasteiger partial charge in [0.1, 0.15) is 0 Å². The van der Waals surface area contributed by atoms with Crippen molar-refractivity contribution in [1.82, 2.24) is 4.90 Å². The van der Waals surface area contributed by atoms with Crippen LogP contribution in [-0.4, -0.2) is 24.0 Å². The molecule has 0 bridgehead atoms. The molecule has 20 heavy (non-hydrogen) atoms. The van der Waals surface area contributed by atoms with E-state index in [-0.39, 0.29) is 0 Å².